The van der Waals surface area contributed by atoms with Gasteiger partial charge in [0.15, 0.2) is 0 Å². The molecule has 0 spiro atoms. The number of nitrogens with zero attached hydrogens (tertiary/aromatic N) is 2. The Bertz CT molecular complexity index is 1180. The minimum Gasteiger partial charge on any atom is -0.352 e. The fourth-order valence-electron chi connectivity index (χ4n) is 4.22. The quantitative estimate of drug-likeness (QED) is 0.506. The first-order chi connectivity index (χ1) is 16.5. The summed E-state index contributed by atoms with van der Waals surface area (Å²) in [6.45, 7) is 3.25. The number of sulfonamides is 1. The smallest absolute Gasteiger partial charge is 0.244 e. The molecule has 0 bridgehead atoms. The van der Waals surface area contributed by atoms with Gasteiger partial charge in [-0.1, -0.05) is 60.3 Å². The Morgan fingerprint density at radius 3 is 2.37 bits per heavy atom. The lowest BCUT2D eigenvalue weighted by atomic mass is 10.1. The topological polar surface area (TPSA) is 86.8 Å². The second-order valence-corrected chi connectivity index (χ2v) is 11.7. The molecular weight excluding hydrogens is 509 g/mol. The lowest BCUT2D eigenvalue weighted by Gasteiger charge is -2.32. The molecule has 7 nitrogen and oxygen atoms in total. The van der Waals surface area contributed by atoms with Crippen molar-refractivity contribution < 1.29 is 18.0 Å². The van der Waals surface area contributed by atoms with Crippen LogP contribution in [-0.4, -0.2) is 50.0 Å². The number of hydrogen-bond donors (Lipinski definition) is 1. The van der Waals surface area contributed by atoms with E-state index < -0.39 is 28.5 Å². The third-order valence-electron chi connectivity index (χ3n) is 6.33. The van der Waals surface area contributed by atoms with Crippen LogP contribution in [0.3, 0.4) is 0 Å². The van der Waals surface area contributed by atoms with Crippen LogP contribution in [0, 0.1) is 6.92 Å². The molecule has 1 aliphatic rings. The van der Waals surface area contributed by atoms with Crippen LogP contribution in [0.4, 0.5) is 5.69 Å². The molecule has 0 saturated heterocycles. The average molecular weight is 541 g/mol. The third kappa shape index (κ3) is 7.12. The highest BCUT2D eigenvalue weighted by molar-refractivity contribution is 7.92. The van der Waals surface area contributed by atoms with E-state index in [0.29, 0.717) is 5.02 Å². The lowest BCUT2D eigenvalue weighted by molar-refractivity contribution is -0.139. The van der Waals surface area contributed by atoms with E-state index in [2.05, 4.69) is 5.32 Å². The largest absolute Gasteiger partial charge is 0.352 e. The monoisotopic (exact) mass is 539 g/mol. The van der Waals surface area contributed by atoms with Crippen LogP contribution < -0.4 is 9.62 Å². The van der Waals surface area contributed by atoms with E-state index in [4.69, 9.17) is 23.2 Å². The molecule has 2 amide bonds. The van der Waals surface area contributed by atoms with Crippen molar-refractivity contribution >= 4 is 50.7 Å². The summed E-state index contributed by atoms with van der Waals surface area (Å²) in [5, 5.41) is 3.49. The Morgan fingerprint density at radius 1 is 1.11 bits per heavy atom. The zero-order valence-corrected chi connectivity index (χ0v) is 22.5. The standard InChI is InChI=1S/C25H31Cl2N3O4S/c1-17-8-4-5-9-19(17)15-29(18(2)25(32)28-21-10-6-7-11-21)24(31)16-30(35(3,33)34)23-13-12-20(26)14-22(23)27/h4-5,8-9,12-14,18,21H,6-7,10-11,15-16H2,1-3H3,(H,28,32). The summed E-state index contributed by atoms with van der Waals surface area (Å²) < 4.78 is 26.3. The first-order valence-electron chi connectivity index (χ1n) is 11.5. The maximum absolute atomic E-state index is 13.6. The normalized spacial score (nSPS) is 15.0. The molecule has 1 unspecified atom stereocenters. The van der Waals surface area contributed by atoms with Gasteiger partial charge in [0.2, 0.25) is 21.8 Å². The SMILES string of the molecule is Cc1ccccc1CN(C(=O)CN(c1ccc(Cl)cc1Cl)S(C)(=O)=O)C(C)C(=O)NC1CCCC1. The van der Waals surface area contributed by atoms with Crippen molar-refractivity contribution in [2.75, 3.05) is 17.1 Å². The molecule has 1 saturated carbocycles. The van der Waals surface area contributed by atoms with Gasteiger partial charge in [-0.2, -0.15) is 0 Å². The van der Waals surface area contributed by atoms with Gasteiger partial charge in [-0.05, 0) is 56.0 Å². The highest BCUT2D eigenvalue weighted by atomic mass is 35.5. The van der Waals surface area contributed by atoms with Crippen molar-refractivity contribution in [2.24, 2.45) is 0 Å². The van der Waals surface area contributed by atoms with Gasteiger partial charge in [-0.3, -0.25) is 13.9 Å². The van der Waals surface area contributed by atoms with Gasteiger partial charge in [-0.15, -0.1) is 0 Å². The van der Waals surface area contributed by atoms with Crippen LogP contribution in [0.2, 0.25) is 10.0 Å². The van der Waals surface area contributed by atoms with Gasteiger partial charge in [0, 0.05) is 17.6 Å². The zero-order valence-electron chi connectivity index (χ0n) is 20.1. The maximum atomic E-state index is 13.6. The summed E-state index contributed by atoms with van der Waals surface area (Å²) >= 11 is 12.2. The number of aryl methyl sites for hydroxylation is 1. The summed E-state index contributed by atoms with van der Waals surface area (Å²) in [7, 11) is -3.87. The molecule has 0 heterocycles. The van der Waals surface area contributed by atoms with Crippen LogP contribution in [0.5, 0.6) is 0 Å². The van der Waals surface area contributed by atoms with Crippen LogP contribution in [-0.2, 0) is 26.2 Å². The van der Waals surface area contributed by atoms with Gasteiger partial charge < -0.3 is 10.2 Å². The van der Waals surface area contributed by atoms with Crippen molar-refractivity contribution in [1.29, 1.82) is 0 Å². The first-order valence-corrected chi connectivity index (χ1v) is 14.1. The van der Waals surface area contributed by atoms with Crippen molar-refractivity contribution in [3.8, 4) is 0 Å². The summed E-state index contributed by atoms with van der Waals surface area (Å²) in [6.07, 6.45) is 4.97. The zero-order chi connectivity index (χ0) is 25.8. The molecule has 35 heavy (non-hydrogen) atoms. The molecule has 0 aliphatic heterocycles. The highest BCUT2D eigenvalue weighted by Crippen LogP contribution is 2.30. The van der Waals surface area contributed by atoms with E-state index in [1.165, 1.54) is 23.1 Å². The molecule has 3 rings (SSSR count). The predicted molar refractivity (Wildman–Crippen MR) is 140 cm³/mol. The highest BCUT2D eigenvalue weighted by Gasteiger charge is 2.32. The fourth-order valence-corrected chi connectivity index (χ4v) is 5.65. The summed E-state index contributed by atoms with van der Waals surface area (Å²) in [5.74, 6) is -0.770. The Hall–Kier alpha value is -2.29. The van der Waals surface area contributed by atoms with Gasteiger partial charge in [0.1, 0.15) is 12.6 Å². The Kier molecular flexibility index (Phi) is 9.07. The van der Waals surface area contributed by atoms with E-state index in [1.54, 1.807) is 6.92 Å². The van der Waals surface area contributed by atoms with Crippen LogP contribution in [0.25, 0.3) is 0 Å². The minimum atomic E-state index is -3.87. The summed E-state index contributed by atoms with van der Waals surface area (Å²) in [5.41, 5.74) is 1.98. The molecule has 0 aromatic heterocycles. The molecule has 0 radical (unpaired) electrons. The van der Waals surface area contributed by atoms with E-state index in [9.17, 15) is 18.0 Å². The Morgan fingerprint density at radius 2 is 1.77 bits per heavy atom. The molecule has 2 aromatic carbocycles. The van der Waals surface area contributed by atoms with E-state index >= 15 is 0 Å². The Labute approximate surface area is 217 Å². The average Bonchev–Trinajstić information content (AvgIpc) is 3.29. The van der Waals surface area contributed by atoms with Crippen molar-refractivity contribution in [1.82, 2.24) is 10.2 Å². The molecule has 1 fully saturated rings. The summed E-state index contributed by atoms with van der Waals surface area (Å²) in [6, 6.07) is 11.3. The molecule has 10 heteroatoms. The van der Waals surface area contributed by atoms with E-state index in [-0.39, 0.29) is 29.2 Å². The van der Waals surface area contributed by atoms with Crippen LogP contribution in [0.15, 0.2) is 42.5 Å². The second-order valence-electron chi connectivity index (χ2n) is 8.98. The Balaban J connectivity index is 1.91. The van der Waals surface area contributed by atoms with Crippen molar-refractivity contribution in [3.05, 3.63) is 63.6 Å². The molecular formula is C25H31Cl2N3O4S. The van der Waals surface area contributed by atoms with Gasteiger partial charge >= 0.3 is 0 Å². The number of carbonyl (C=O) groups excluding carboxylic acids is 2. The first kappa shape index (κ1) is 27.3. The maximum Gasteiger partial charge on any atom is 0.244 e. The number of anilines is 1. The van der Waals surface area contributed by atoms with E-state index in [1.807, 2.05) is 31.2 Å². The number of amides is 2. The molecule has 2 aromatic rings. The number of hydrogen-bond acceptors (Lipinski definition) is 4. The summed E-state index contributed by atoms with van der Waals surface area (Å²) in [4.78, 5) is 28.1. The number of rotatable bonds is 9. The molecule has 1 atom stereocenters. The molecule has 1 aliphatic carbocycles. The van der Waals surface area contributed by atoms with Crippen LogP contribution >= 0.6 is 23.2 Å². The minimum absolute atomic E-state index is 0.0979. The third-order valence-corrected chi connectivity index (χ3v) is 7.99. The number of nitrogens with one attached hydrogen (secondary N) is 1. The second kappa shape index (κ2) is 11.6. The van der Waals surface area contributed by atoms with Gasteiger partial charge in [0.05, 0.1) is 17.0 Å². The van der Waals surface area contributed by atoms with Crippen molar-refractivity contribution in [3.63, 3.8) is 0 Å². The number of halogens is 2. The predicted octanol–water partition coefficient (Wildman–Crippen LogP) is 4.54. The van der Waals surface area contributed by atoms with Gasteiger partial charge in [0.25, 0.3) is 0 Å². The van der Waals surface area contributed by atoms with Gasteiger partial charge in [-0.25, -0.2) is 8.42 Å². The van der Waals surface area contributed by atoms with E-state index in [0.717, 1.165) is 47.4 Å². The fraction of sp³-hybridized carbons (Fsp3) is 0.440. The molecule has 190 valence electrons. The lowest BCUT2D eigenvalue weighted by Crippen LogP contribution is -2.52. The number of benzene rings is 2. The van der Waals surface area contributed by atoms with Crippen molar-refractivity contribution in [2.45, 2.75) is 58.2 Å². The number of carbonyl (C=O) groups is 2. The van der Waals surface area contributed by atoms with Crippen LogP contribution in [0.1, 0.15) is 43.7 Å². The molecule has 1 N–H and O–H groups in total.